The molecule has 558 valence electrons. The molecule has 0 aromatic heterocycles. The maximum absolute atomic E-state index is 14.8. The fourth-order valence-corrected chi connectivity index (χ4v) is 10.2. The molecule has 0 heterocycles. The Morgan fingerprint density at radius 1 is 0.253 bits per heavy atom. The minimum Gasteiger partial charge on any atom is -0.281 e. The highest BCUT2D eigenvalue weighted by atomic mass is 32.2. The van der Waals surface area contributed by atoms with Crippen LogP contribution in [0.5, 0.6) is 0 Å². The van der Waals surface area contributed by atoms with Gasteiger partial charge in [-0.25, -0.2) is 0 Å². The van der Waals surface area contributed by atoms with Crippen molar-refractivity contribution in [3.05, 3.63) is 58.7 Å². The molecule has 0 radical (unpaired) electrons. The molecule has 0 saturated carbocycles. The van der Waals surface area contributed by atoms with E-state index in [4.69, 9.17) is 9.11 Å². The number of hydrogen-bond acceptors (Lipinski definition) is 6. The Morgan fingerprint density at radius 3 is 0.558 bits per heavy atom. The normalized spacial score (nSPS) is 16.3. The number of benzene rings is 2. The van der Waals surface area contributed by atoms with E-state index in [0.717, 1.165) is 24.3 Å². The van der Waals surface area contributed by atoms with E-state index in [1.54, 1.807) is 20.8 Å². The fourth-order valence-electron chi connectivity index (χ4n) is 6.97. The maximum atomic E-state index is 14.8. The Labute approximate surface area is 518 Å². The SMILES string of the molecule is CC(C)(C)c1ccc(SC(F)(F)C(F)(F)C(F)(F)C(F)(F)C(F)(F)C(F)(F)C(F)(F)C(F)(F)C(F)(F)C(F)(F)S(=O)(=O)O)c(C(C)(C)C)c1.CC(C)(C)c1ccc(SC(F)(F)C(F)(F)C(F)(F)C(F)(F)C(F)(F)C(F)(F)C(F)(F)C(F)(F)C(F)(F)S(=O)(=O)O)c(C(C)(C)C)c1. The molecular formula is C47H44F38O6S4. The van der Waals surface area contributed by atoms with Crippen LogP contribution in [0.3, 0.4) is 0 Å². The molecule has 0 aliphatic carbocycles. The van der Waals surface area contributed by atoms with Crippen LogP contribution in [0.4, 0.5) is 167 Å². The van der Waals surface area contributed by atoms with Crippen LogP contribution in [0, 0.1) is 0 Å². The lowest BCUT2D eigenvalue weighted by molar-refractivity contribution is -0.463. The Balaban J connectivity index is 0.000000952. The molecule has 0 atom stereocenters. The maximum Gasteiger partial charge on any atom is 0.438 e. The molecule has 6 nitrogen and oxygen atoms in total. The highest BCUT2D eigenvalue weighted by molar-refractivity contribution is 8.00. The molecule has 0 aliphatic heterocycles. The van der Waals surface area contributed by atoms with Crippen LogP contribution in [-0.2, 0) is 41.9 Å². The van der Waals surface area contributed by atoms with Crippen molar-refractivity contribution in [2.75, 3.05) is 0 Å². The lowest BCUT2D eigenvalue weighted by Gasteiger charge is -2.44. The summed E-state index contributed by atoms with van der Waals surface area (Å²) < 4.78 is 591. The average Bonchev–Trinajstić information content (AvgIpc) is 0.692. The average molecular weight is 1560 g/mol. The summed E-state index contributed by atoms with van der Waals surface area (Å²) in [7, 11) is -16.1. The first kappa shape index (κ1) is 89.3. The lowest BCUT2D eigenvalue weighted by Crippen LogP contribution is -2.77. The molecule has 2 N–H and O–H groups in total. The van der Waals surface area contributed by atoms with Gasteiger partial charge in [0, 0.05) is 9.79 Å². The molecule has 0 amide bonds. The first-order valence-electron chi connectivity index (χ1n) is 24.2. The van der Waals surface area contributed by atoms with E-state index in [0.29, 0.717) is 17.7 Å². The van der Waals surface area contributed by atoms with Gasteiger partial charge in [0.15, 0.2) is 0 Å². The van der Waals surface area contributed by atoms with Gasteiger partial charge in [-0.1, -0.05) is 107 Å². The second kappa shape index (κ2) is 24.3. The quantitative estimate of drug-likeness (QED) is 0.0643. The van der Waals surface area contributed by atoms with Gasteiger partial charge in [0.05, 0.1) is 0 Å². The molecule has 48 heteroatoms. The molecule has 2 aromatic carbocycles. The van der Waals surface area contributed by atoms with Crippen LogP contribution in [0.15, 0.2) is 46.2 Å². The van der Waals surface area contributed by atoms with Crippen LogP contribution in [0.2, 0.25) is 0 Å². The summed E-state index contributed by atoms with van der Waals surface area (Å²) in [4.78, 5) is -2.26. The first-order valence-corrected chi connectivity index (χ1v) is 28.7. The van der Waals surface area contributed by atoms with Crippen LogP contribution in [0.1, 0.15) is 105 Å². The van der Waals surface area contributed by atoms with Crippen molar-refractivity contribution in [1.82, 2.24) is 0 Å². The zero-order valence-electron chi connectivity index (χ0n) is 48.5. The van der Waals surface area contributed by atoms with Gasteiger partial charge in [0.2, 0.25) is 0 Å². The molecule has 2 aromatic rings. The number of thioether (sulfide) groups is 2. The van der Waals surface area contributed by atoms with E-state index in [9.17, 15) is 184 Å². The monoisotopic (exact) mass is 1550 g/mol. The number of rotatable bonds is 23. The number of alkyl halides is 38. The van der Waals surface area contributed by atoms with Crippen molar-refractivity contribution in [2.24, 2.45) is 0 Å². The predicted octanol–water partition coefficient (Wildman–Crippen LogP) is 20.4. The van der Waals surface area contributed by atoms with E-state index in [1.807, 2.05) is 0 Å². The van der Waals surface area contributed by atoms with Crippen molar-refractivity contribution < 1.29 is 193 Å². The van der Waals surface area contributed by atoms with E-state index in [2.05, 4.69) is 0 Å². The summed E-state index contributed by atoms with van der Waals surface area (Å²) in [6.45, 7) is 16.7. The van der Waals surface area contributed by atoms with Gasteiger partial charge >= 0.3 is 130 Å². The van der Waals surface area contributed by atoms with Crippen molar-refractivity contribution in [3.8, 4) is 0 Å². The smallest absolute Gasteiger partial charge is 0.281 e. The van der Waals surface area contributed by atoms with E-state index >= 15 is 0 Å². The second-order valence-electron chi connectivity index (χ2n) is 24.3. The first-order chi connectivity index (χ1) is 40.4. The Kier molecular flexibility index (Phi) is 22.8. The van der Waals surface area contributed by atoms with E-state index < -0.39 is 191 Å². The molecule has 0 spiro atoms. The van der Waals surface area contributed by atoms with Crippen LogP contribution in [-0.4, -0.2) is 136 Å². The van der Waals surface area contributed by atoms with Crippen molar-refractivity contribution in [2.45, 2.75) is 224 Å². The standard InChI is InChI=1S/C24H22F20O3S2.C23H22F18O3S2/c1-13(2,3)10-7-8-12(11(9-10)14(4,5)6)48-23(41,42)21(37,38)19(33,34)17(29,30)15(25,26)16(27,28)18(31,32)20(35,36)22(39,40)24(43,44)49(45,46)47;1-13(2,3)10-7-8-12(11(9-10)14(4,5)6)45-22(38,39)20(34,35)18(30,31)16(26,27)15(24,25)17(28,29)19(32,33)21(36,37)23(40,41)46(42,43)44/h7-9H,1-6H3,(H,45,46,47);7-9H,1-6H3,(H,42,43,44). The molecule has 95 heavy (non-hydrogen) atoms. The van der Waals surface area contributed by atoms with Crippen LogP contribution in [0.25, 0.3) is 0 Å². The van der Waals surface area contributed by atoms with Crippen molar-refractivity contribution in [3.63, 3.8) is 0 Å². The Hall–Kier alpha value is -3.70. The molecule has 0 saturated heterocycles. The number of halogens is 38. The summed E-state index contributed by atoms with van der Waals surface area (Å²) in [5, 5.41) is -29.6. The summed E-state index contributed by atoms with van der Waals surface area (Å²) in [5.74, 6) is -133. The summed E-state index contributed by atoms with van der Waals surface area (Å²) in [6.07, 6.45) is 0. The van der Waals surface area contributed by atoms with Gasteiger partial charge in [-0.3, -0.25) is 9.11 Å². The van der Waals surface area contributed by atoms with Gasteiger partial charge < -0.3 is 0 Å². The van der Waals surface area contributed by atoms with Crippen molar-refractivity contribution >= 4 is 43.8 Å². The minimum absolute atomic E-state index is 0.258. The van der Waals surface area contributed by atoms with E-state index in [-0.39, 0.29) is 11.1 Å². The van der Waals surface area contributed by atoms with Gasteiger partial charge in [-0.05, 0) is 79.6 Å². The summed E-state index contributed by atoms with van der Waals surface area (Å²) in [6, 6.07) is 5.16. The highest BCUT2D eigenvalue weighted by Crippen LogP contribution is 2.70. The third kappa shape index (κ3) is 13.6. The molecule has 2 rings (SSSR count). The second-order valence-corrected chi connectivity index (χ2v) is 29.5. The molecule has 0 aliphatic rings. The van der Waals surface area contributed by atoms with Gasteiger partial charge in [-0.15, -0.1) is 0 Å². The van der Waals surface area contributed by atoms with E-state index in [1.165, 1.54) is 62.3 Å². The lowest BCUT2D eigenvalue weighted by atomic mass is 9.81. The third-order valence-corrected chi connectivity index (χ3v) is 17.0. The van der Waals surface area contributed by atoms with Crippen LogP contribution < -0.4 is 0 Å². The molecule has 0 unspecified atom stereocenters. The molecule has 0 bridgehead atoms. The van der Waals surface area contributed by atoms with Crippen LogP contribution >= 0.6 is 23.5 Å². The number of hydrogen-bond donors (Lipinski definition) is 2. The summed E-state index contributed by atoms with van der Waals surface area (Å²) in [5.41, 5.74) is -4.57. The zero-order valence-corrected chi connectivity index (χ0v) is 51.8. The van der Waals surface area contributed by atoms with Gasteiger partial charge in [0.25, 0.3) is 0 Å². The highest BCUT2D eigenvalue weighted by Gasteiger charge is 3.00. The fraction of sp³-hybridized carbons (Fsp3) is 0.745. The molecular weight excluding hydrogens is 1510 g/mol. The van der Waals surface area contributed by atoms with Gasteiger partial charge in [0.1, 0.15) is 0 Å². The third-order valence-electron chi connectivity index (χ3n) is 13.0. The largest absolute Gasteiger partial charge is 0.438 e. The van der Waals surface area contributed by atoms with Crippen molar-refractivity contribution in [1.29, 1.82) is 0 Å². The Morgan fingerprint density at radius 2 is 0.411 bits per heavy atom. The Bertz CT molecular complexity index is 3350. The zero-order chi connectivity index (χ0) is 77.6. The summed E-state index contributed by atoms with van der Waals surface area (Å²) >= 11 is -3.44. The predicted molar refractivity (Wildman–Crippen MR) is 256 cm³/mol. The minimum atomic E-state index is -9.32. The van der Waals surface area contributed by atoms with Gasteiger partial charge in [-0.2, -0.15) is 184 Å². The topological polar surface area (TPSA) is 109 Å². The molecule has 0 fully saturated rings.